The zero-order valence-corrected chi connectivity index (χ0v) is 11.5. The van der Waals surface area contributed by atoms with Gasteiger partial charge in [-0.05, 0) is 47.0 Å². The number of anilines is 1. The summed E-state index contributed by atoms with van der Waals surface area (Å²) in [5.74, 6) is 1.08. The van der Waals surface area contributed by atoms with Crippen LogP contribution in [0.2, 0.25) is 0 Å². The van der Waals surface area contributed by atoms with Gasteiger partial charge in [-0.3, -0.25) is 0 Å². The second-order valence-electron chi connectivity index (χ2n) is 4.88. The first kappa shape index (κ1) is 13.5. The number of methoxy groups -OCH3 is 1. The molecule has 6 nitrogen and oxygen atoms in total. The molecular formula is C13H19N5O. The van der Waals surface area contributed by atoms with Crippen molar-refractivity contribution in [2.24, 2.45) is 5.92 Å². The quantitative estimate of drug-likeness (QED) is 0.825. The number of aromatic nitrogens is 4. The van der Waals surface area contributed by atoms with Crippen LogP contribution in [0, 0.1) is 12.8 Å². The SMILES string of the molecule is COCC(C)Cn1nnnc1-c1cc(C)cc(N)c1. The molecule has 1 heterocycles. The number of nitrogen functional groups attached to an aromatic ring is 1. The topological polar surface area (TPSA) is 78.8 Å². The van der Waals surface area contributed by atoms with Gasteiger partial charge in [-0.2, -0.15) is 0 Å². The van der Waals surface area contributed by atoms with Crippen molar-refractivity contribution >= 4 is 5.69 Å². The number of nitrogens with zero attached hydrogens (tertiary/aromatic N) is 4. The zero-order chi connectivity index (χ0) is 13.8. The Hall–Kier alpha value is -1.95. The van der Waals surface area contributed by atoms with Gasteiger partial charge in [0, 0.05) is 24.9 Å². The normalized spacial score (nSPS) is 12.6. The van der Waals surface area contributed by atoms with Crippen molar-refractivity contribution in [3.05, 3.63) is 23.8 Å². The van der Waals surface area contributed by atoms with E-state index in [4.69, 9.17) is 10.5 Å². The number of aryl methyl sites for hydroxylation is 1. The van der Waals surface area contributed by atoms with E-state index in [1.54, 1.807) is 11.8 Å². The van der Waals surface area contributed by atoms with Gasteiger partial charge in [0.25, 0.3) is 0 Å². The molecule has 0 spiro atoms. The molecule has 0 bridgehead atoms. The molecule has 1 aromatic carbocycles. The molecule has 0 saturated carbocycles. The monoisotopic (exact) mass is 261 g/mol. The van der Waals surface area contributed by atoms with Crippen LogP contribution >= 0.6 is 0 Å². The maximum absolute atomic E-state index is 5.87. The van der Waals surface area contributed by atoms with Crippen LogP contribution < -0.4 is 5.73 Å². The van der Waals surface area contributed by atoms with E-state index in [2.05, 4.69) is 22.4 Å². The number of benzene rings is 1. The number of ether oxygens (including phenoxy) is 1. The zero-order valence-electron chi connectivity index (χ0n) is 11.5. The molecule has 6 heteroatoms. The fraction of sp³-hybridized carbons (Fsp3) is 0.462. The molecule has 0 radical (unpaired) electrons. The van der Waals surface area contributed by atoms with Gasteiger partial charge in [0.2, 0.25) is 0 Å². The molecule has 1 aromatic heterocycles. The minimum Gasteiger partial charge on any atom is -0.399 e. The molecule has 2 rings (SSSR count). The van der Waals surface area contributed by atoms with Crippen molar-refractivity contribution in [3.63, 3.8) is 0 Å². The molecule has 0 saturated heterocycles. The highest BCUT2D eigenvalue weighted by Crippen LogP contribution is 2.21. The Kier molecular flexibility index (Phi) is 4.11. The summed E-state index contributed by atoms with van der Waals surface area (Å²) in [5.41, 5.74) is 8.61. The Morgan fingerprint density at radius 2 is 2.16 bits per heavy atom. The molecule has 0 aliphatic heterocycles. The van der Waals surface area contributed by atoms with Gasteiger partial charge in [-0.1, -0.05) is 6.92 Å². The Morgan fingerprint density at radius 3 is 2.84 bits per heavy atom. The average Bonchev–Trinajstić information content (AvgIpc) is 2.76. The van der Waals surface area contributed by atoms with Crippen LogP contribution in [0.5, 0.6) is 0 Å². The summed E-state index contributed by atoms with van der Waals surface area (Å²) in [4.78, 5) is 0. The van der Waals surface area contributed by atoms with Crippen LogP contribution in [-0.4, -0.2) is 33.9 Å². The first-order valence-electron chi connectivity index (χ1n) is 6.22. The van der Waals surface area contributed by atoms with Gasteiger partial charge in [0.1, 0.15) is 0 Å². The number of rotatable bonds is 5. The van der Waals surface area contributed by atoms with Gasteiger partial charge >= 0.3 is 0 Å². The minimum atomic E-state index is 0.342. The summed E-state index contributed by atoms with van der Waals surface area (Å²) in [7, 11) is 1.69. The van der Waals surface area contributed by atoms with Crippen LogP contribution in [0.3, 0.4) is 0 Å². The number of tetrazole rings is 1. The lowest BCUT2D eigenvalue weighted by Gasteiger charge is -2.11. The van der Waals surface area contributed by atoms with Crippen LogP contribution in [0.15, 0.2) is 18.2 Å². The van der Waals surface area contributed by atoms with Crippen molar-refractivity contribution in [1.82, 2.24) is 20.2 Å². The average molecular weight is 261 g/mol. The summed E-state index contributed by atoms with van der Waals surface area (Å²) < 4.78 is 6.92. The Balaban J connectivity index is 2.28. The predicted octanol–water partition coefficient (Wildman–Crippen LogP) is 1.51. The largest absolute Gasteiger partial charge is 0.399 e. The van der Waals surface area contributed by atoms with Gasteiger partial charge < -0.3 is 10.5 Å². The third-order valence-corrected chi connectivity index (χ3v) is 2.83. The lowest BCUT2D eigenvalue weighted by atomic mass is 10.1. The summed E-state index contributed by atoms with van der Waals surface area (Å²) in [6.45, 7) is 5.49. The van der Waals surface area contributed by atoms with Crippen molar-refractivity contribution in [2.75, 3.05) is 19.5 Å². The maximum Gasteiger partial charge on any atom is 0.182 e. The minimum absolute atomic E-state index is 0.342. The molecule has 1 atom stereocenters. The van der Waals surface area contributed by atoms with Gasteiger partial charge in [0.05, 0.1) is 6.61 Å². The van der Waals surface area contributed by atoms with Crippen LogP contribution in [-0.2, 0) is 11.3 Å². The predicted molar refractivity (Wildman–Crippen MR) is 73.4 cm³/mol. The van der Waals surface area contributed by atoms with E-state index in [0.29, 0.717) is 19.1 Å². The standard InChI is InChI=1S/C13H19N5O/c1-9-4-11(6-12(14)5-9)13-15-16-17-18(13)7-10(2)8-19-3/h4-6,10H,7-8,14H2,1-3H3. The summed E-state index contributed by atoms with van der Waals surface area (Å²) in [6, 6.07) is 5.83. The van der Waals surface area contributed by atoms with E-state index >= 15 is 0 Å². The van der Waals surface area contributed by atoms with Crippen molar-refractivity contribution in [3.8, 4) is 11.4 Å². The van der Waals surface area contributed by atoms with Crippen LogP contribution in [0.25, 0.3) is 11.4 Å². The van der Waals surface area contributed by atoms with E-state index in [1.165, 1.54) is 0 Å². The van der Waals surface area contributed by atoms with Crippen molar-refractivity contribution in [1.29, 1.82) is 0 Å². The highest BCUT2D eigenvalue weighted by atomic mass is 16.5. The third kappa shape index (κ3) is 3.29. The van der Waals surface area contributed by atoms with E-state index in [1.807, 2.05) is 25.1 Å². The lowest BCUT2D eigenvalue weighted by Crippen LogP contribution is -2.14. The summed E-state index contributed by atoms with van der Waals surface area (Å²) in [5, 5.41) is 11.9. The van der Waals surface area contributed by atoms with Crippen LogP contribution in [0.4, 0.5) is 5.69 Å². The molecule has 0 amide bonds. The molecule has 102 valence electrons. The maximum atomic E-state index is 5.87. The van der Waals surface area contributed by atoms with Crippen LogP contribution in [0.1, 0.15) is 12.5 Å². The molecule has 19 heavy (non-hydrogen) atoms. The van der Waals surface area contributed by atoms with E-state index in [-0.39, 0.29) is 0 Å². The van der Waals surface area contributed by atoms with E-state index in [9.17, 15) is 0 Å². The van der Waals surface area contributed by atoms with Gasteiger partial charge in [-0.15, -0.1) is 5.10 Å². The van der Waals surface area contributed by atoms with Crippen molar-refractivity contribution < 1.29 is 4.74 Å². The molecule has 0 fully saturated rings. The summed E-state index contributed by atoms with van der Waals surface area (Å²) in [6.07, 6.45) is 0. The molecule has 0 aliphatic carbocycles. The number of nitrogens with two attached hydrogens (primary N) is 1. The Labute approximate surface area is 112 Å². The number of hydrogen-bond acceptors (Lipinski definition) is 5. The fourth-order valence-electron chi connectivity index (χ4n) is 2.11. The first-order valence-corrected chi connectivity index (χ1v) is 6.22. The Morgan fingerprint density at radius 1 is 1.37 bits per heavy atom. The molecule has 2 N–H and O–H groups in total. The van der Waals surface area contributed by atoms with E-state index < -0.39 is 0 Å². The van der Waals surface area contributed by atoms with E-state index in [0.717, 1.165) is 22.6 Å². The highest BCUT2D eigenvalue weighted by Gasteiger charge is 2.12. The van der Waals surface area contributed by atoms with Gasteiger partial charge in [-0.25, -0.2) is 4.68 Å². The molecule has 2 aromatic rings. The fourth-order valence-corrected chi connectivity index (χ4v) is 2.11. The van der Waals surface area contributed by atoms with Gasteiger partial charge in [0.15, 0.2) is 5.82 Å². The summed E-state index contributed by atoms with van der Waals surface area (Å²) >= 11 is 0. The highest BCUT2D eigenvalue weighted by molar-refractivity contribution is 5.62. The third-order valence-electron chi connectivity index (χ3n) is 2.83. The first-order chi connectivity index (χ1) is 9.10. The molecule has 1 unspecified atom stereocenters. The second kappa shape index (κ2) is 5.79. The number of hydrogen-bond donors (Lipinski definition) is 1. The molecule has 0 aliphatic rings. The Bertz CT molecular complexity index is 531. The van der Waals surface area contributed by atoms with Crippen molar-refractivity contribution in [2.45, 2.75) is 20.4 Å². The lowest BCUT2D eigenvalue weighted by molar-refractivity contribution is 0.149. The molecular weight excluding hydrogens is 242 g/mol. The second-order valence-corrected chi connectivity index (χ2v) is 4.88. The smallest absolute Gasteiger partial charge is 0.182 e.